The van der Waals surface area contributed by atoms with Crippen molar-refractivity contribution in [2.75, 3.05) is 6.61 Å². The molecule has 0 saturated heterocycles. The third kappa shape index (κ3) is 3.12. The Morgan fingerprint density at radius 3 is 2.48 bits per heavy atom. The van der Waals surface area contributed by atoms with Gasteiger partial charge in [-0.05, 0) is 72.9 Å². The highest BCUT2D eigenvalue weighted by atomic mass is 16.5. The number of ether oxygens (including phenoxy) is 1. The molecule has 0 unspecified atom stereocenters. The monoisotopic (exact) mass is 280 g/mol. The molecule has 0 atom stereocenters. The van der Waals surface area contributed by atoms with Crippen LogP contribution in [-0.4, -0.2) is 6.61 Å². The van der Waals surface area contributed by atoms with Crippen LogP contribution in [0.15, 0.2) is 49.1 Å². The smallest absolute Gasteiger partial charge is 0.119 e. The van der Waals surface area contributed by atoms with Crippen LogP contribution < -0.4 is 4.74 Å². The van der Waals surface area contributed by atoms with Crippen molar-refractivity contribution in [2.24, 2.45) is 5.92 Å². The zero-order valence-corrected chi connectivity index (χ0v) is 12.8. The van der Waals surface area contributed by atoms with E-state index in [1.807, 2.05) is 6.92 Å². The van der Waals surface area contributed by atoms with Crippen molar-refractivity contribution in [3.8, 4) is 5.75 Å². The van der Waals surface area contributed by atoms with Gasteiger partial charge >= 0.3 is 0 Å². The van der Waals surface area contributed by atoms with Crippen LogP contribution >= 0.6 is 0 Å². The number of fused-ring (bicyclic) bond motifs is 1. The molecule has 1 heteroatoms. The number of hydrogen-bond donors (Lipinski definition) is 0. The summed E-state index contributed by atoms with van der Waals surface area (Å²) < 4.78 is 5.58. The van der Waals surface area contributed by atoms with Gasteiger partial charge in [0.05, 0.1) is 6.61 Å². The molecule has 0 spiro atoms. The van der Waals surface area contributed by atoms with E-state index in [2.05, 4.69) is 49.1 Å². The lowest BCUT2D eigenvalue weighted by molar-refractivity contribution is 0.341. The minimum absolute atomic E-state index is 0.718. The lowest BCUT2D eigenvalue weighted by atomic mass is 9.78. The topological polar surface area (TPSA) is 9.23 Å². The van der Waals surface area contributed by atoms with Gasteiger partial charge in [-0.15, -0.1) is 6.58 Å². The first-order valence-electron chi connectivity index (χ1n) is 8.09. The van der Waals surface area contributed by atoms with Gasteiger partial charge in [0.15, 0.2) is 0 Å². The van der Waals surface area contributed by atoms with E-state index in [4.69, 9.17) is 4.74 Å². The number of allylic oxidation sites excluding steroid dienone is 1. The number of rotatable bonds is 4. The average Bonchev–Trinajstić information content (AvgIpc) is 2.55. The maximum absolute atomic E-state index is 5.58. The van der Waals surface area contributed by atoms with E-state index in [0.29, 0.717) is 0 Å². The predicted octanol–water partition coefficient (Wildman–Crippen LogP) is 5.70. The van der Waals surface area contributed by atoms with Crippen molar-refractivity contribution < 1.29 is 4.74 Å². The molecule has 0 radical (unpaired) electrons. The Hall–Kier alpha value is -1.76. The van der Waals surface area contributed by atoms with Crippen LogP contribution in [0.25, 0.3) is 10.8 Å². The molecule has 0 aromatic heterocycles. The first-order valence-corrected chi connectivity index (χ1v) is 8.09. The lowest BCUT2D eigenvalue weighted by Crippen LogP contribution is -2.11. The highest BCUT2D eigenvalue weighted by Gasteiger charge is 2.20. The van der Waals surface area contributed by atoms with Crippen molar-refractivity contribution in [1.29, 1.82) is 0 Å². The summed E-state index contributed by atoms with van der Waals surface area (Å²) in [5.74, 6) is 2.41. The highest BCUT2D eigenvalue weighted by molar-refractivity contribution is 5.84. The van der Waals surface area contributed by atoms with Crippen LogP contribution in [0.2, 0.25) is 0 Å². The zero-order chi connectivity index (χ0) is 14.7. The van der Waals surface area contributed by atoms with Crippen molar-refractivity contribution in [1.82, 2.24) is 0 Å². The summed E-state index contributed by atoms with van der Waals surface area (Å²) in [6, 6.07) is 13.3. The molecule has 2 aromatic rings. The molecular weight excluding hydrogens is 256 g/mol. The maximum Gasteiger partial charge on any atom is 0.119 e. The van der Waals surface area contributed by atoms with Gasteiger partial charge in [0.25, 0.3) is 0 Å². The van der Waals surface area contributed by atoms with Crippen LogP contribution in [0.1, 0.15) is 44.1 Å². The van der Waals surface area contributed by atoms with E-state index in [1.54, 1.807) is 0 Å². The van der Waals surface area contributed by atoms with Gasteiger partial charge in [-0.2, -0.15) is 0 Å². The Bertz CT molecular complexity index is 621. The van der Waals surface area contributed by atoms with Crippen LogP contribution in [0.5, 0.6) is 5.75 Å². The molecule has 1 nitrogen and oxygen atoms in total. The molecule has 3 rings (SSSR count). The van der Waals surface area contributed by atoms with Gasteiger partial charge in [-0.3, -0.25) is 0 Å². The fraction of sp³-hybridized carbons (Fsp3) is 0.400. The molecule has 1 aliphatic carbocycles. The second-order valence-corrected chi connectivity index (χ2v) is 6.05. The summed E-state index contributed by atoms with van der Waals surface area (Å²) in [7, 11) is 0. The van der Waals surface area contributed by atoms with E-state index in [9.17, 15) is 0 Å². The normalized spacial score (nSPS) is 22.1. The maximum atomic E-state index is 5.58. The van der Waals surface area contributed by atoms with E-state index in [0.717, 1.165) is 24.2 Å². The second-order valence-electron chi connectivity index (χ2n) is 6.05. The van der Waals surface area contributed by atoms with Gasteiger partial charge in [-0.25, -0.2) is 0 Å². The van der Waals surface area contributed by atoms with Gasteiger partial charge in [0.1, 0.15) is 5.75 Å². The molecule has 1 aliphatic rings. The minimum Gasteiger partial charge on any atom is -0.494 e. The summed E-state index contributed by atoms with van der Waals surface area (Å²) in [6.45, 7) is 6.67. The minimum atomic E-state index is 0.718. The van der Waals surface area contributed by atoms with Crippen molar-refractivity contribution >= 4 is 10.8 Å². The Morgan fingerprint density at radius 2 is 1.76 bits per heavy atom. The molecule has 21 heavy (non-hydrogen) atoms. The zero-order valence-electron chi connectivity index (χ0n) is 12.8. The molecule has 1 saturated carbocycles. The summed E-state index contributed by atoms with van der Waals surface area (Å²) in [5.41, 5.74) is 1.49. The van der Waals surface area contributed by atoms with Gasteiger partial charge in [0, 0.05) is 0 Å². The first kappa shape index (κ1) is 14.2. The fourth-order valence-corrected chi connectivity index (χ4v) is 3.44. The van der Waals surface area contributed by atoms with Crippen molar-refractivity contribution in [2.45, 2.75) is 38.5 Å². The van der Waals surface area contributed by atoms with E-state index < -0.39 is 0 Å². The van der Waals surface area contributed by atoms with Crippen molar-refractivity contribution in [3.63, 3.8) is 0 Å². The Kier molecular flexibility index (Phi) is 4.28. The molecule has 0 aliphatic heterocycles. The second kappa shape index (κ2) is 6.34. The molecule has 1 fully saturated rings. The summed E-state index contributed by atoms with van der Waals surface area (Å²) in [5, 5.41) is 2.59. The number of hydrogen-bond acceptors (Lipinski definition) is 1. The number of benzene rings is 2. The Balaban J connectivity index is 1.81. The molecule has 0 heterocycles. The van der Waals surface area contributed by atoms with Gasteiger partial charge in [-0.1, -0.05) is 30.3 Å². The van der Waals surface area contributed by atoms with E-state index >= 15 is 0 Å². The molecular formula is C20H24O. The average molecular weight is 280 g/mol. The lowest BCUT2D eigenvalue weighted by Gasteiger charge is -2.27. The quantitative estimate of drug-likeness (QED) is 0.653. The molecule has 0 bridgehead atoms. The van der Waals surface area contributed by atoms with Crippen LogP contribution in [0.3, 0.4) is 0 Å². The van der Waals surface area contributed by atoms with E-state index in [1.165, 1.54) is 42.0 Å². The van der Waals surface area contributed by atoms with Crippen LogP contribution in [0.4, 0.5) is 0 Å². The third-order valence-corrected chi connectivity index (χ3v) is 4.72. The first-order chi connectivity index (χ1) is 10.3. The standard InChI is InChI=1S/C20H24O/c1-3-15-5-7-16(8-6-15)17-9-10-19-14-20(21-4-2)12-11-18(19)13-17/h3,9-16H,1,4-8H2,2H3. The summed E-state index contributed by atoms with van der Waals surface area (Å²) in [4.78, 5) is 0. The molecule has 0 N–H and O–H groups in total. The molecule has 110 valence electrons. The Labute approximate surface area is 127 Å². The van der Waals surface area contributed by atoms with Crippen molar-refractivity contribution in [3.05, 3.63) is 54.6 Å². The third-order valence-electron chi connectivity index (χ3n) is 4.72. The Morgan fingerprint density at radius 1 is 1.05 bits per heavy atom. The van der Waals surface area contributed by atoms with Gasteiger partial charge < -0.3 is 4.74 Å². The fourth-order valence-electron chi connectivity index (χ4n) is 3.44. The molecule has 0 amide bonds. The van der Waals surface area contributed by atoms with Crippen LogP contribution in [0, 0.1) is 5.92 Å². The van der Waals surface area contributed by atoms with E-state index in [-0.39, 0.29) is 0 Å². The van der Waals surface area contributed by atoms with Crippen LogP contribution in [-0.2, 0) is 0 Å². The highest BCUT2D eigenvalue weighted by Crippen LogP contribution is 2.37. The molecule has 2 aromatic carbocycles. The summed E-state index contributed by atoms with van der Waals surface area (Å²) >= 11 is 0. The SMILES string of the molecule is C=CC1CCC(c2ccc3cc(OCC)ccc3c2)CC1. The predicted molar refractivity (Wildman–Crippen MR) is 90.0 cm³/mol. The van der Waals surface area contributed by atoms with Gasteiger partial charge in [0.2, 0.25) is 0 Å². The largest absolute Gasteiger partial charge is 0.494 e. The summed E-state index contributed by atoms with van der Waals surface area (Å²) in [6.07, 6.45) is 7.29.